The first-order chi connectivity index (χ1) is 16.9. The molecule has 6 nitrogen and oxygen atoms in total. The number of carbonyl (C=O) groups excluding carboxylic acids is 3. The Balaban J connectivity index is 2.01. The second-order valence-corrected chi connectivity index (χ2v) is 8.61. The summed E-state index contributed by atoms with van der Waals surface area (Å²) in [4.78, 5) is 37.8. The highest BCUT2D eigenvalue weighted by atomic mass is 16.5. The van der Waals surface area contributed by atoms with E-state index in [2.05, 4.69) is 5.32 Å². The minimum absolute atomic E-state index is 0.0249. The third kappa shape index (κ3) is 6.15. The molecule has 0 heterocycles. The van der Waals surface area contributed by atoms with Gasteiger partial charge in [-0.05, 0) is 29.5 Å². The number of benzene rings is 3. The lowest BCUT2D eigenvalue weighted by atomic mass is 9.67. The molecule has 3 N–H and O–H groups in total. The molecule has 0 saturated heterocycles. The number of carbonyl (C=O) groups is 3. The van der Waals surface area contributed by atoms with Crippen LogP contribution in [-0.2, 0) is 24.5 Å². The number of nitrogens with two attached hydrogens (primary N) is 1. The van der Waals surface area contributed by atoms with Crippen molar-refractivity contribution in [1.82, 2.24) is 5.32 Å². The summed E-state index contributed by atoms with van der Waals surface area (Å²) in [6.45, 7) is 3.66. The first-order valence-corrected chi connectivity index (χ1v) is 11.8. The Hall–Kier alpha value is -3.93. The Labute approximate surface area is 206 Å². The van der Waals surface area contributed by atoms with Crippen molar-refractivity contribution < 1.29 is 19.1 Å². The van der Waals surface area contributed by atoms with Crippen molar-refractivity contribution in [3.05, 3.63) is 108 Å². The highest BCUT2D eigenvalue weighted by molar-refractivity contribution is 5.88. The molecular formula is C29H32N2O4. The summed E-state index contributed by atoms with van der Waals surface area (Å²) in [7, 11) is 0. The molecule has 3 aromatic carbocycles. The molecule has 35 heavy (non-hydrogen) atoms. The number of primary amides is 1. The predicted molar refractivity (Wildman–Crippen MR) is 135 cm³/mol. The van der Waals surface area contributed by atoms with Crippen LogP contribution in [0.25, 0.3) is 0 Å². The van der Waals surface area contributed by atoms with E-state index in [1.807, 2.05) is 91.0 Å². The van der Waals surface area contributed by atoms with Gasteiger partial charge in [-0.15, -0.1) is 0 Å². The average Bonchev–Trinajstić information content (AvgIpc) is 2.87. The SMILES string of the molecule is CCOC(=O)C[C@H](C)[C@H](NC(=O)CC(c1ccccc1)(c1ccccc1)c1ccccc1)C(N)=O. The van der Waals surface area contributed by atoms with Gasteiger partial charge in [0, 0.05) is 6.42 Å². The fraction of sp³-hybridized carbons (Fsp3) is 0.276. The number of hydrogen-bond donors (Lipinski definition) is 2. The zero-order valence-electron chi connectivity index (χ0n) is 20.1. The first-order valence-electron chi connectivity index (χ1n) is 11.8. The molecule has 3 rings (SSSR count). The maximum Gasteiger partial charge on any atom is 0.306 e. The Morgan fingerprint density at radius 2 is 1.26 bits per heavy atom. The molecule has 0 aromatic heterocycles. The minimum atomic E-state index is -1.01. The van der Waals surface area contributed by atoms with E-state index in [1.165, 1.54) is 0 Å². The van der Waals surface area contributed by atoms with Crippen LogP contribution in [0, 0.1) is 5.92 Å². The van der Waals surface area contributed by atoms with Gasteiger partial charge < -0.3 is 15.8 Å². The Morgan fingerprint density at radius 3 is 1.63 bits per heavy atom. The van der Waals surface area contributed by atoms with Crippen LogP contribution in [0.4, 0.5) is 0 Å². The van der Waals surface area contributed by atoms with E-state index in [-0.39, 0.29) is 25.4 Å². The molecular weight excluding hydrogens is 440 g/mol. The third-order valence-corrected chi connectivity index (χ3v) is 6.21. The van der Waals surface area contributed by atoms with Gasteiger partial charge in [-0.2, -0.15) is 0 Å². The van der Waals surface area contributed by atoms with Gasteiger partial charge in [0.1, 0.15) is 6.04 Å². The molecule has 3 aromatic rings. The quantitative estimate of drug-likeness (QED) is 0.326. The normalized spacial score (nSPS) is 12.9. The molecule has 0 aliphatic carbocycles. The summed E-state index contributed by atoms with van der Waals surface area (Å²) >= 11 is 0. The molecule has 2 amide bonds. The van der Waals surface area contributed by atoms with E-state index in [0.29, 0.717) is 0 Å². The third-order valence-electron chi connectivity index (χ3n) is 6.21. The Morgan fingerprint density at radius 1 is 0.829 bits per heavy atom. The van der Waals surface area contributed by atoms with Crippen molar-refractivity contribution in [2.45, 2.75) is 38.1 Å². The molecule has 0 aliphatic heterocycles. The van der Waals surface area contributed by atoms with Crippen molar-refractivity contribution >= 4 is 17.8 Å². The van der Waals surface area contributed by atoms with Crippen LogP contribution in [-0.4, -0.2) is 30.4 Å². The van der Waals surface area contributed by atoms with Gasteiger partial charge in [-0.1, -0.05) is 97.9 Å². The number of amides is 2. The average molecular weight is 473 g/mol. The van der Waals surface area contributed by atoms with Crippen LogP contribution in [0.15, 0.2) is 91.0 Å². The predicted octanol–water partition coefficient (Wildman–Crippen LogP) is 3.97. The van der Waals surface area contributed by atoms with Crippen LogP contribution in [0.2, 0.25) is 0 Å². The van der Waals surface area contributed by atoms with Gasteiger partial charge in [0.15, 0.2) is 0 Å². The highest BCUT2D eigenvalue weighted by Crippen LogP contribution is 2.42. The lowest BCUT2D eigenvalue weighted by Gasteiger charge is -2.36. The van der Waals surface area contributed by atoms with Gasteiger partial charge in [-0.25, -0.2) is 0 Å². The fourth-order valence-electron chi connectivity index (χ4n) is 4.53. The van der Waals surface area contributed by atoms with Gasteiger partial charge in [0.2, 0.25) is 11.8 Å². The summed E-state index contributed by atoms with van der Waals surface area (Å²) in [5.41, 5.74) is 7.66. The molecule has 0 bridgehead atoms. The van der Waals surface area contributed by atoms with E-state index < -0.39 is 29.3 Å². The maximum atomic E-state index is 13.6. The minimum Gasteiger partial charge on any atom is -0.466 e. The van der Waals surface area contributed by atoms with E-state index in [4.69, 9.17) is 10.5 Å². The maximum absolute atomic E-state index is 13.6. The lowest BCUT2D eigenvalue weighted by molar-refractivity contribution is -0.144. The summed E-state index contributed by atoms with van der Waals surface area (Å²) < 4.78 is 5.00. The monoisotopic (exact) mass is 472 g/mol. The number of hydrogen-bond acceptors (Lipinski definition) is 4. The zero-order valence-corrected chi connectivity index (χ0v) is 20.1. The van der Waals surface area contributed by atoms with Gasteiger partial charge >= 0.3 is 5.97 Å². The van der Waals surface area contributed by atoms with Crippen molar-refractivity contribution in [2.75, 3.05) is 6.61 Å². The summed E-state index contributed by atoms with van der Waals surface area (Å²) in [5, 5.41) is 2.81. The van der Waals surface area contributed by atoms with Gasteiger partial charge in [0.05, 0.1) is 18.4 Å². The van der Waals surface area contributed by atoms with E-state index in [9.17, 15) is 14.4 Å². The topological polar surface area (TPSA) is 98.5 Å². The standard InChI is InChI=1S/C29H32N2O4/c1-3-35-26(33)19-21(2)27(28(30)34)31-25(32)20-29(22-13-7-4-8-14-22,23-15-9-5-10-16-23)24-17-11-6-12-18-24/h4-18,21,27H,3,19-20H2,1-2H3,(H2,30,34)(H,31,32)/t21-,27-/m0/s1. The molecule has 0 saturated carbocycles. The molecule has 6 heteroatoms. The molecule has 0 radical (unpaired) electrons. The molecule has 2 atom stereocenters. The summed E-state index contributed by atoms with van der Waals surface area (Å²) in [6, 6.07) is 28.5. The second-order valence-electron chi connectivity index (χ2n) is 8.61. The summed E-state index contributed by atoms with van der Waals surface area (Å²) in [5.74, 6) is -2.00. The van der Waals surface area contributed by atoms with E-state index >= 15 is 0 Å². The lowest BCUT2D eigenvalue weighted by Crippen LogP contribution is -2.50. The van der Waals surface area contributed by atoms with Crippen molar-refractivity contribution in [2.24, 2.45) is 11.7 Å². The number of nitrogens with one attached hydrogen (secondary N) is 1. The van der Waals surface area contributed by atoms with Crippen LogP contribution >= 0.6 is 0 Å². The van der Waals surface area contributed by atoms with E-state index in [0.717, 1.165) is 16.7 Å². The van der Waals surface area contributed by atoms with Gasteiger partial charge in [0.25, 0.3) is 0 Å². The smallest absolute Gasteiger partial charge is 0.306 e. The first kappa shape index (κ1) is 25.7. The molecule has 0 unspecified atom stereocenters. The second kappa shape index (κ2) is 12.0. The van der Waals surface area contributed by atoms with Crippen LogP contribution in [0.1, 0.15) is 43.4 Å². The summed E-state index contributed by atoms with van der Waals surface area (Å²) in [6.07, 6.45) is 0.0177. The van der Waals surface area contributed by atoms with Crippen molar-refractivity contribution in [3.63, 3.8) is 0 Å². The van der Waals surface area contributed by atoms with Crippen molar-refractivity contribution in [1.29, 1.82) is 0 Å². The number of ether oxygens (including phenoxy) is 1. The van der Waals surface area contributed by atoms with E-state index in [1.54, 1.807) is 13.8 Å². The number of rotatable bonds is 11. The molecule has 0 aliphatic rings. The molecule has 0 fully saturated rings. The Bertz CT molecular complexity index is 1020. The largest absolute Gasteiger partial charge is 0.466 e. The van der Waals surface area contributed by atoms with Crippen LogP contribution in [0.3, 0.4) is 0 Å². The van der Waals surface area contributed by atoms with Crippen LogP contribution in [0.5, 0.6) is 0 Å². The highest BCUT2D eigenvalue weighted by Gasteiger charge is 2.39. The molecule has 0 spiro atoms. The number of esters is 1. The molecule has 182 valence electrons. The fourth-order valence-corrected chi connectivity index (χ4v) is 4.53. The van der Waals surface area contributed by atoms with Crippen LogP contribution < -0.4 is 11.1 Å². The zero-order chi connectivity index (χ0) is 25.3. The Kier molecular flexibility index (Phi) is 8.79. The van der Waals surface area contributed by atoms with Crippen molar-refractivity contribution in [3.8, 4) is 0 Å². The van der Waals surface area contributed by atoms with Gasteiger partial charge in [-0.3, -0.25) is 14.4 Å².